The molecule has 0 aliphatic carbocycles. The van der Waals surface area contributed by atoms with Gasteiger partial charge < -0.3 is 43.8 Å². The fourth-order valence-corrected chi connectivity index (χ4v) is 6.47. The maximum absolute atomic E-state index is 13.9. The van der Waals surface area contributed by atoms with Gasteiger partial charge in [0.25, 0.3) is 5.56 Å². The van der Waals surface area contributed by atoms with E-state index >= 15 is 0 Å². The van der Waals surface area contributed by atoms with Crippen molar-refractivity contribution < 1.29 is 53.1 Å². The molecule has 5 rings (SSSR count). The highest BCUT2D eigenvalue weighted by atomic mass is 16.7. The molecular formula is C36H43N3O12. The van der Waals surface area contributed by atoms with Gasteiger partial charge in [0.1, 0.15) is 25.5 Å². The molecule has 0 fully saturated rings. The number of carbonyl (C=O) groups is 4. The minimum Gasteiger partial charge on any atom is -0.508 e. The second kappa shape index (κ2) is 16.0. The number of aliphatic hydroxyl groups is 1. The van der Waals surface area contributed by atoms with E-state index in [2.05, 4.69) is 5.32 Å². The minimum atomic E-state index is -1.94. The average molecular weight is 710 g/mol. The second-order valence-electron chi connectivity index (χ2n) is 12.3. The molecule has 0 spiro atoms. The number of methoxy groups -OCH3 is 1. The zero-order valence-electron chi connectivity index (χ0n) is 29.1. The quantitative estimate of drug-likeness (QED) is 0.0871. The number of phenolic OH excluding ortho intramolecular Hbond substituents is 1. The van der Waals surface area contributed by atoms with E-state index in [1.807, 2.05) is 13.8 Å². The Morgan fingerprint density at radius 2 is 1.88 bits per heavy atom. The van der Waals surface area contributed by atoms with Gasteiger partial charge in [0.2, 0.25) is 11.5 Å². The summed E-state index contributed by atoms with van der Waals surface area (Å²) in [5.74, 6) is -2.77. The lowest BCUT2D eigenvalue weighted by Gasteiger charge is -2.35. The molecule has 2 aliphatic rings. The number of hydrogen-bond donors (Lipinski definition) is 3. The number of benzene rings is 1. The van der Waals surface area contributed by atoms with Crippen LogP contribution in [0.15, 0.2) is 29.1 Å². The van der Waals surface area contributed by atoms with E-state index in [1.165, 1.54) is 7.11 Å². The first-order chi connectivity index (χ1) is 24.5. The second-order valence-corrected chi connectivity index (χ2v) is 12.3. The summed E-state index contributed by atoms with van der Waals surface area (Å²) >= 11 is 0. The third-order valence-electron chi connectivity index (χ3n) is 9.26. The van der Waals surface area contributed by atoms with Crippen molar-refractivity contribution in [2.75, 3.05) is 26.9 Å². The molecule has 1 amide bonds. The fourth-order valence-electron chi connectivity index (χ4n) is 6.47. The topological polar surface area (TPSA) is 202 Å². The molecule has 2 unspecified atom stereocenters. The van der Waals surface area contributed by atoms with E-state index < -0.39 is 53.9 Å². The van der Waals surface area contributed by atoms with Gasteiger partial charge in [-0.1, -0.05) is 20.8 Å². The van der Waals surface area contributed by atoms with E-state index in [0.717, 1.165) is 16.5 Å². The first kappa shape index (κ1) is 37.4. The highest BCUT2D eigenvalue weighted by Gasteiger charge is 2.50. The van der Waals surface area contributed by atoms with Crippen LogP contribution in [0, 0.1) is 0 Å². The Hall–Kier alpha value is -4.86. The van der Waals surface area contributed by atoms with E-state index in [1.54, 1.807) is 35.8 Å². The first-order valence-electron chi connectivity index (χ1n) is 17.0. The Morgan fingerprint density at radius 3 is 2.57 bits per heavy atom. The van der Waals surface area contributed by atoms with E-state index in [4.69, 9.17) is 28.7 Å². The van der Waals surface area contributed by atoms with Gasteiger partial charge in [0.15, 0.2) is 6.29 Å². The number of nitrogens with zero attached hydrogens (tertiary/aromatic N) is 2. The Labute approximate surface area is 293 Å². The van der Waals surface area contributed by atoms with E-state index in [9.17, 15) is 34.2 Å². The van der Waals surface area contributed by atoms with Crippen LogP contribution in [-0.4, -0.2) is 82.8 Å². The standard InChI is InChI=1S/C36H43N3O12/c1-5-21(17-40)50-32(47-4)19-48-30(43)10-8-9-29(42)37-15-31(44)51-36(7-3)26-14-28-33-24(16-39(28)34(45)25(26)18-49-35(36)46)22(6-2)23-13-20(41)11-12-27(23)38-33/h11-14,21,32,40-41H,5-10,15-19H2,1-4H3,(H,37,42)/t21?,32?,36-/m0/s1. The predicted molar refractivity (Wildman–Crippen MR) is 180 cm³/mol. The SMILES string of the molecule is CCc1c2c(nc3ccc(O)cc13)-c1cc3c(c(=O)n1C2)COC(=O)[C@@]3(CC)OC(=O)CNC(=O)CCCC(=O)OCC(OC)OC(CC)CO. The number of carbonyl (C=O) groups excluding carboxylic acids is 4. The molecule has 4 heterocycles. The van der Waals surface area contributed by atoms with Gasteiger partial charge in [-0.15, -0.1) is 0 Å². The summed E-state index contributed by atoms with van der Waals surface area (Å²) in [5, 5.41) is 22.6. The lowest BCUT2D eigenvalue weighted by molar-refractivity contribution is -0.194. The van der Waals surface area contributed by atoms with Gasteiger partial charge in [-0.2, -0.15) is 0 Å². The summed E-state index contributed by atoms with van der Waals surface area (Å²) in [6.45, 7) is 4.42. The summed E-state index contributed by atoms with van der Waals surface area (Å²) in [4.78, 5) is 69.8. The summed E-state index contributed by atoms with van der Waals surface area (Å²) in [6, 6.07) is 6.55. The van der Waals surface area contributed by atoms with Crippen LogP contribution < -0.4 is 10.9 Å². The van der Waals surface area contributed by atoms with Crippen molar-refractivity contribution in [2.24, 2.45) is 0 Å². The molecule has 2 aromatic heterocycles. The first-order valence-corrected chi connectivity index (χ1v) is 17.0. The van der Waals surface area contributed by atoms with Crippen molar-refractivity contribution in [3.05, 3.63) is 56.9 Å². The van der Waals surface area contributed by atoms with E-state index in [-0.39, 0.29) is 68.9 Å². The number of rotatable bonds is 16. The van der Waals surface area contributed by atoms with Crippen molar-refractivity contribution in [2.45, 2.75) is 90.4 Å². The molecule has 1 aromatic carbocycles. The molecule has 51 heavy (non-hydrogen) atoms. The summed E-state index contributed by atoms with van der Waals surface area (Å²) in [7, 11) is 1.39. The summed E-state index contributed by atoms with van der Waals surface area (Å²) in [5.41, 5.74) is 1.48. The number of ether oxygens (including phenoxy) is 5. The number of fused-ring (bicyclic) bond motifs is 5. The Morgan fingerprint density at radius 1 is 1.10 bits per heavy atom. The Bertz CT molecular complexity index is 1890. The van der Waals surface area contributed by atoms with Crippen LogP contribution in [0.3, 0.4) is 0 Å². The van der Waals surface area contributed by atoms with Crippen molar-refractivity contribution in [1.82, 2.24) is 14.9 Å². The zero-order chi connectivity index (χ0) is 36.9. The molecule has 2 aliphatic heterocycles. The van der Waals surface area contributed by atoms with Crippen LogP contribution in [0.25, 0.3) is 22.3 Å². The molecule has 3 atom stereocenters. The number of hydrogen-bond acceptors (Lipinski definition) is 13. The fraction of sp³-hybridized carbons (Fsp3) is 0.500. The van der Waals surface area contributed by atoms with Crippen molar-refractivity contribution in [1.29, 1.82) is 0 Å². The number of aryl methyl sites for hydroxylation is 1. The number of amides is 1. The van der Waals surface area contributed by atoms with Crippen LogP contribution >= 0.6 is 0 Å². The molecule has 274 valence electrons. The molecule has 0 saturated carbocycles. The highest BCUT2D eigenvalue weighted by Crippen LogP contribution is 2.42. The molecule has 3 N–H and O–H groups in total. The summed E-state index contributed by atoms with van der Waals surface area (Å²) < 4.78 is 28.5. The van der Waals surface area contributed by atoms with Gasteiger partial charge in [0.05, 0.1) is 41.7 Å². The Kier molecular flexibility index (Phi) is 11.7. The number of nitrogens with one attached hydrogen (secondary N) is 1. The lowest BCUT2D eigenvalue weighted by Crippen LogP contribution is -2.48. The molecular weight excluding hydrogens is 666 g/mol. The zero-order valence-corrected chi connectivity index (χ0v) is 29.1. The monoisotopic (exact) mass is 709 g/mol. The van der Waals surface area contributed by atoms with Crippen molar-refractivity contribution >= 4 is 34.7 Å². The number of cyclic esters (lactones) is 1. The van der Waals surface area contributed by atoms with Crippen molar-refractivity contribution in [3.8, 4) is 17.1 Å². The molecule has 0 saturated heterocycles. The highest BCUT2D eigenvalue weighted by molar-refractivity contribution is 5.91. The third kappa shape index (κ3) is 7.60. The molecule has 3 aromatic rings. The molecule has 0 radical (unpaired) electrons. The number of pyridine rings is 2. The van der Waals surface area contributed by atoms with Gasteiger partial charge in [-0.3, -0.25) is 19.2 Å². The largest absolute Gasteiger partial charge is 0.508 e. The van der Waals surface area contributed by atoms with Crippen LogP contribution in [-0.2, 0) is 68.0 Å². The lowest BCUT2D eigenvalue weighted by atomic mass is 9.85. The predicted octanol–water partition coefficient (Wildman–Crippen LogP) is 2.49. The van der Waals surface area contributed by atoms with Crippen LogP contribution in [0.1, 0.15) is 75.1 Å². The molecule has 15 nitrogen and oxygen atoms in total. The smallest absolute Gasteiger partial charge is 0.355 e. The number of esters is 3. The minimum absolute atomic E-state index is 0.0465. The van der Waals surface area contributed by atoms with E-state index in [0.29, 0.717) is 29.7 Å². The molecule has 15 heteroatoms. The van der Waals surface area contributed by atoms with Crippen LogP contribution in [0.5, 0.6) is 5.75 Å². The maximum Gasteiger partial charge on any atom is 0.355 e. The maximum atomic E-state index is 13.9. The van der Waals surface area contributed by atoms with Gasteiger partial charge in [-0.05, 0) is 55.5 Å². The normalized spacial score (nSPS) is 17.2. The van der Waals surface area contributed by atoms with Crippen LogP contribution in [0.2, 0.25) is 0 Å². The van der Waals surface area contributed by atoms with Gasteiger partial charge in [0, 0.05) is 36.5 Å². The van der Waals surface area contributed by atoms with Crippen molar-refractivity contribution in [3.63, 3.8) is 0 Å². The number of aromatic nitrogens is 2. The number of aromatic hydroxyl groups is 1. The third-order valence-corrected chi connectivity index (χ3v) is 9.26. The summed E-state index contributed by atoms with van der Waals surface area (Å²) in [6.07, 6.45) is -0.230. The average Bonchev–Trinajstić information content (AvgIpc) is 3.49. The number of aliphatic hydroxyl groups excluding tert-OH is 1. The molecule has 0 bridgehead atoms. The van der Waals surface area contributed by atoms with Gasteiger partial charge in [-0.25, -0.2) is 9.78 Å². The Balaban J connectivity index is 1.25. The number of phenols is 1. The van der Waals surface area contributed by atoms with Crippen LogP contribution in [0.4, 0.5) is 0 Å². The van der Waals surface area contributed by atoms with Gasteiger partial charge >= 0.3 is 17.9 Å².